The minimum absolute atomic E-state index is 0.0556. The summed E-state index contributed by atoms with van der Waals surface area (Å²) in [6, 6.07) is 25.3. The first-order valence-electron chi connectivity index (χ1n) is 10.5. The summed E-state index contributed by atoms with van der Waals surface area (Å²) in [5.74, 6) is -0.147. The van der Waals surface area contributed by atoms with Gasteiger partial charge in [0, 0.05) is 18.7 Å². The summed E-state index contributed by atoms with van der Waals surface area (Å²) in [4.78, 5) is 13.0. The number of sulfonamides is 1. The Kier molecular flexibility index (Phi) is 7.60. The maximum absolute atomic E-state index is 12.9. The molecular weight excluding hydrogens is 408 g/mol. The van der Waals surface area contributed by atoms with Crippen LogP contribution in [0.25, 0.3) is 0 Å². The minimum Gasteiger partial charge on any atom is -0.345 e. The molecule has 0 fully saturated rings. The zero-order chi connectivity index (χ0) is 22.3. The Morgan fingerprint density at radius 3 is 2.00 bits per heavy atom. The van der Waals surface area contributed by atoms with Crippen LogP contribution in [0.3, 0.4) is 0 Å². The van der Waals surface area contributed by atoms with Crippen molar-refractivity contribution >= 4 is 15.9 Å². The van der Waals surface area contributed by atoms with Crippen LogP contribution >= 0.6 is 0 Å². The normalized spacial score (nSPS) is 12.5. The first-order chi connectivity index (χ1) is 15.0. The number of nitrogens with one attached hydrogen (secondary N) is 1. The summed E-state index contributed by atoms with van der Waals surface area (Å²) in [5, 5.41) is 3.07. The van der Waals surface area contributed by atoms with E-state index < -0.39 is 10.0 Å². The van der Waals surface area contributed by atoms with E-state index in [1.54, 1.807) is 42.5 Å². The molecule has 5 nitrogen and oxygen atoms in total. The summed E-state index contributed by atoms with van der Waals surface area (Å²) in [6.45, 7) is 4.45. The van der Waals surface area contributed by atoms with E-state index in [-0.39, 0.29) is 23.4 Å². The van der Waals surface area contributed by atoms with Crippen LogP contribution < -0.4 is 5.32 Å². The van der Waals surface area contributed by atoms with Crippen molar-refractivity contribution < 1.29 is 13.2 Å². The number of nitrogens with zero attached hydrogens (tertiary/aromatic N) is 1. The number of rotatable bonds is 9. The first-order valence-corrected chi connectivity index (χ1v) is 11.9. The van der Waals surface area contributed by atoms with Crippen LogP contribution in [0.5, 0.6) is 0 Å². The van der Waals surface area contributed by atoms with Gasteiger partial charge in [0.15, 0.2) is 0 Å². The third kappa shape index (κ3) is 5.60. The Morgan fingerprint density at radius 2 is 1.45 bits per heavy atom. The molecule has 31 heavy (non-hydrogen) atoms. The molecule has 3 aromatic carbocycles. The summed E-state index contributed by atoms with van der Waals surface area (Å²) >= 11 is 0. The lowest BCUT2D eigenvalue weighted by Gasteiger charge is -2.21. The van der Waals surface area contributed by atoms with Gasteiger partial charge in [-0.3, -0.25) is 4.79 Å². The highest BCUT2D eigenvalue weighted by Crippen LogP contribution is 2.19. The van der Waals surface area contributed by atoms with Gasteiger partial charge in [-0.05, 0) is 41.8 Å². The molecule has 3 rings (SSSR count). The molecule has 0 radical (unpaired) electrons. The average molecular weight is 437 g/mol. The second-order valence-corrected chi connectivity index (χ2v) is 9.22. The molecular formula is C25H28N2O3S. The van der Waals surface area contributed by atoms with Crippen LogP contribution in [0.15, 0.2) is 89.8 Å². The highest BCUT2D eigenvalue weighted by atomic mass is 32.2. The second kappa shape index (κ2) is 10.4. The van der Waals surface area contributed by atoms with Crippen LogP contribution in [-0.2, 0) is 16.6 Å². The van der Waals surface area contributed by atoms with Crippen molar-refractivity contribution in [3.05, 3.63) is 102 Å². The predicted octanol–water partition coefficient (Wildman–Crippen LogP) is 4.78. The molecule has 0 bridgehead atoms. The Hall–Kier alpha value is -2.96. The standard InChI is InChI=1S/C25H28N2O3S/c1-3-24(21-11-7-5-8-12-21)26-25(28)22-17-15-20(16-18-22)19-27(4-2)31(29,30)23-13-9-6-10-14-23/h5-18,24H,3-4,19H2,1-2H3,(H,26,28)/t24-/m1/s1. The minimum atomic E-state index is -3.57. The molecule has 0 aromatic heterocycles. The summed E-state index contributed by atoms with van der Waals surface area (Å²) in [6.07, 6.45) is 0.788. The number of hydrogen-bond donors (Lipinski definition) is 1. The Balaban J connectivity index is 1.70. The average Bonchev–Trinajstić information content (AvgIpc) is 2.82. The lowest BCUT2D eigenvalue weighted by atomic mass is 10.0. The molecule has 0 saturated carbocycles. The quantitative estimate of drug-likeness (QED) is 0.525. The lowest BCUT2D eigenvalue weighted by molar-refractivity contribution is 0.0935. The number of amides is 1. The van der Waals surface area contributed by atoms with Crippen molar-refractivity contribution in [2.45, 2.75) is 37.8 Å². The highest BCUT2D eigenvalue weighted by molar-refractivity contribution is 7.89. The van der Waals surface area contributed by atoms with E-state index in [1.165, 1.54) is 4.31 Å². The van der Waals surface area contributed by atoms with Gasteiger partial charge in [-0.2, -0.15) is 4.31 Å². The monoisotopic (exact) mass is 436 g/mol. The van der Waals surface area contributed by atoms with Gasteiger partial charge in [-0.1, -0.05) is 74.5 Å². The summed E-state index contributed by atoms with van der Waals surface area (Å²) < 4.78 is 27.2. The summed E-state index contributed by atoms with van der Waals surface area (Å²) in [5.41, 5.74) is 2.44. The molecule has 162 valence electrons. The fourth-order valence-corrected chi connectivity index (χ4v) is 4.88. The van der Waals surface area contributed by atoms with Crippen molar-refractivity contribution in [3.63, 3.8) is 0 Å². The molecule has 3 aromatic rings. The smallest absolute Gasteiger partial charge is 0.251 e. The maximum atomic E-state index is 12.9. The Bertz CT molecular complexity index is 1080. The van der Waals surface area contributed by atoms with Crippen LogP contribution in [0, 0.1) is 0 Å². The fourth-order valence-electron chi connectivity index (χ4n) is 3.42. The van der Waals surface area contributed by atoms with Crippen LogP contribution in [-0.4, -0.2) is 25.2 Å². The van der Waals surface area contributed by atoms with Crippen molar-refractivity contribution in [2.24, 2.45) is 0 Å². The zero-order valence-electron chi connectivity index (χ0n) is 17.9. The molecule has 0 aliphatic heterocycles. The second-order valence-electron chi connectivity index (χ2n) is 7.29. The van der Waals surface area contributed by atoms with Gasteiger partial charge in [-0.25, -0.2) is 8.42 Å². The fraction of sp³-hybridized carbons (Fsp3) is 0.240. The van der Waals surface area contributed by atoms with Crippen LogP contribution in [0.1, 0.15) is 47.8 Å². The molecule has 0 aliphatic carbocycles. The number of carbonyl (C=O) groups is 1. The van der Waals surface area contributed by atoms with E-state index in [0.717, 1.165) is 17.5 Å². The maximum Gasteiger partial charge on any atom is 0.251 e. The van der Waals surface area contributed by atoms with Gasteiger partial charge in [-0.15, -0.1) is 0 Å². The molecule has 0 spiro atoms. The van der Waals surface area contributed by atoms with Crippen molar-refractivity contribution in [2.75, 3.05) is 6.54 Å². The van der Waals surface area contributed by atoms with E-state index in [9.17, 15) is 13.2 Å². The topological polar surface area (TPSA) is 66.5 Å². The van der Waals surface area contributed by atoms with Gasteiger partial charge in [0.05, 0.1) is 10.9 Å². The Labute approximate surface area is 184 Å². The molecule has 1 amide bonds. The van der Waals surface area contributed by atoms with Gasteiger partial charge in [0.25, 0.3) is 5.91 Å². The molecule has 0 saturated heterocycles. The Morgan fingerprint density at radius 1 is 0.871 bits per heavy atom. The molecule has 0 aliphatic rings. The van der Waals surface area contributed by atoms with E-state index in [0.29, 0.717) is 12.1 Å². The van der Waals surface area contributed by atoms with Crippen LogP contribution in [0.4, 0.5) is 0 Å². The predicted molar refractivity (Wildman–Crippen MR) is 123 cm³/mol. The SMILES string of the molecule is CC[C@@H](NC(=O)c1ccc(CN(CC)S(=O)(=O)c2ccccc2)cc1)c1ccccc1. The molecule has 0 unspecified atom stereocenters. The lowest BCUT2D eigenvalue weighted by Crippen LogP contribution is -2.30. The largest absolute Gasteiger partial charge is 0.345 e. The highest BCUT2D eigenvalue weighted by Gasteiger charge is 2.23. The third-order valence-corrected chi connectivity index (χ3v) is 7.16. The summed E-state index contributed by atoms with van der Waals surface area (Å²) in [7, 11) is -3.57. The first kappa shape index (κ1) is 22.7. The van der Waals surface area contributed by atoms with Crippen LogP contribution in [0.2, 0.25) is 0 Å². The van der Waals surface area contributed by atoms with Gasteiger partial charge in [0.2, 0.25) is 10.0 Å². The molecule has 1 atom stereocenters. The number of carbonyl (C=O) groups excluding carboxylic acids is 1. The van der Waals surface area contributed by atoms with Crippen molar-refractivity contribution in [3.8, 4) is 0 Å². The van der Waals surface area contributed by atoms with E-state index in [2.05, 4.69) is 5.32 Å². The third-order valence-electron chi connectivity index (χ3n) is 5.22. The number of benzene rings is 3. The molecule has 1 N–H and O–H groups in total. The molecule has 0 heterocycles. The molecule has 6 heteroatoms. The van der Waals surface area contributed by atoms with Crippen molar-refractivity contribution in [1.82, 2.24) is 9.62 Å². The van der Waals surface area contributed by atoms with Gasteiger partial charge >= 0.3 is 0 Å². The van der Waals surface area contributed by atoms with Crippen molar-refractivity contribution in [1.29, 1.82) is 0 Å². The van der Waals surface area contributed by atoms with Gasteiger partial charge in [0.1, 0.15) is 0 Å². The number of hydrogen-bond acceptors (Lipinski definition) is 3. The van der Waals surface area contributed by atoms with E-state index in [1.807, 2.05) is 56.3 Å². The van der Waals surface area contributed by atoms with E-state index in [4.69, 9.17) is 0 Å². The van der Waals surface area contributed by atoms with Gasteiger partial charge < -0.3 is 5.32 Å². The zero-order valence-corrected chi connectivity index (χ0v) is 18.7. The van der Waals surface area contributed by atoms with E-state index >= 15 is 0 Å².